The summed E-state index contributed by atoms with van der Waals surface area (Å²) in [6.45, 7) is -1.31. The minimum Gasteiger partial charge on any atom is -0.545 e. The van der Waals surface area contributed by atoms with Gasteiger partial charge in [-0.3, -0.25) is 20.2 Å². The summed E-state index contributed by atoms with van der Waals surface area (Å²) < 4.78 is 0. The zero-order chi connectivity index (χ0) is 16.7. The van der Waals surface area contributed by atoms with E-state index in [1.165, 1.54) is 0 Å². The van der Waals surface area contributed by atoms with Crippen LogP contribution in [-0.4, -0.2) is 52.5 Å². The van der Waals surface area contributed by atoms with E-state index in [-0.39, 0.29) is 18.0 Å². The molecule has 2 aliphatic rings. The first kappa shape index (κ1) is 15.8. The van der Waals surface area contributed by atoms with Crippen LogP contribution in [0.5, 0.6) is 0 Å². The van der Waals surface area contributed by atoms with Gasteiger partial charge < -0.3 is 24.7 Å². The lowest BCUT2D eigenvalue weighted by Gasteiger charge is -2.43. The molecule has 11 nitrogen and oxygen atoms in total. The van der Waals surface area contributed by atoms with Gasteiger partial charge in [-0.25, -0.2) is 0 Å². The van der Waals surface area contributed by atoms with Gasteiger partial charge in [-0.15, -0.1) is 0 Å². The van der Waals surface area contributed by atoms with Gasteiger partial charge in [0.25, 0.3) is 11.1 Å². The molecular formula is C11H12N3O8-. The number of piperidine rings is 1. The van der Waals surface area contributed by atoms with Crippen molar-refractivity contribution in [3.8, 4) is 0 Å². The SMILES string of the molecule is O=C([O-])C[NH+]1C[C@]2([N+](=O)[O-])C=C(C(=O)[O-])C[C@@]([N+](=O)[O-])(C1)C2. The number of carbonyl (C=O) groups is 2. The van der Waals surface area contributed by atoms with Crippen LogP contribution in [-0.2, 0) is 9.59 Å². The van der Waals surface area contributed by atoms with Crippen LogP contribution in [0.4, 0.5) is 0 Å². The van der Waals surface area contributed by atoms with E-state index in [2.05, 4.69) is 0 Å². The molecule has 1 fully saturated rings. The van der Waals surface area contributed by atoms with Gasteiger partial charge in [0, 0.05) is 15.9 Å². The molecule has 1 N–H and O–H groups in total. The smallest absolute Gasteiger partial charge is 0.295 e. The van der Waals surface area contributed by atoms with Gasteiger partial charge in [-0.05, 0) is 5.57 Å². The quantitative estimate of drug-likeness (QED) is 0.388. The third-order valence-corrected chi connectivity index (χ3v) is 4.14. The number of nitrogens with one attached hydrogen (secondary N) is 1. The van der Waals surface area contributed by atoms with Crippen LogP contribution in [0.1, 0.15) is 12.8 Å². The van der Waals surface area contributed by atoms with E-state index >= 15 is 0 Å². The van der Waals surface area contributed by atoms with Crippen LogP contribution in [0, 0.1) is 20.2 Å². The summed E-state index contributed by atoms with van der Waals surface area (Å²) in [5, 5.41) is 44.6. The molecule has 0 aromatic carbocycles. The number of hydrogen-bond donors (Lipinski definition) is 1. The molecule has 0 aromatic heterocycles. The van der Waals surface area contributed by atoms with Crippen molar-refractivity contribution in [2.75, 3.05) is 19.6 Å². The number of quaternary nitrogens is 1. The Balaban J connectivity index is 2.54. The Morgan fingerprint density at radius 3 is 2.27 bits per heavy atom. The van der Waals surface area contributed by atoms with Crippen molar-refractivity contribution in [2.24, 2.45) is 0 Å². The van der Waals surface area contributed by atoms with Crippen LogP contribution in [0.15, 0.2) is 11.6 Å². The summed E-state index contributed by atoms with van der Waals surface area (Å²) in [6, 6.07) is 0. The second-order valence-electron chi connectivity index (χ2n) is 5.81. The molecule has 3 atom stereocenters. The summed E-state index contributed by atoms with van der Waals surface area (Å²) in [5.74, 6) is -3.18. The van der Waals surface area contributed by atoms with E-state index in [9.17, 15) is 40.0 Å². The van der Waals surface area contributed by atoms with Crippen LogP contribution >= 0.6 is 0 Å². The maximum Gasteiger partial charge on any atom is 0.295 e. The van der Waals surface area contributed by atoms with E-state index in [4.69, 9.17) is 0 Å². The fraction of sp³-hybridized carbons (Fsp3) is 0.636. The normalized spacial score (nSPS) is 33.6. The standard InChI is InChI=1S/C11H13N3O8/c15-8(16)3-12-5-10(13(19)20)1-7(9(17)18)2-11(4-10,6-12)14(21)22/h1H,2-6H2,(H,15,16)(H,17,18)/p-1/t10-,11-/m0/s1. The zero-order valence-corrected chi connectivity index (χ0v) is 11.3. The molecule has 2 rings (SSSR count). The summed E-state index contributed by atoms with van der Waals surface area (Å²) >= 11 is 0. The number of nitro groups is 2. The molecule has 22 heavy (non-hydrogen) atoms. The maximum absolute atomic E-state index is 11.4. The van der Waals surface area contributed by atoms with Crippen molar-refractivity contribution in [3.63, 3.8) is 0 Å². The predicted molar refractivity (Wildman–Crippen MR) is 62.3 cm³/mol. The molecule has 0 saturated carbocycles. The summed E-state index contributed by atoms with van der Waals surface area (Å²) in [5.41, 5.74) is -4.39. The number of aliphatic carboxylic acids is 2. The highest BCUT2D eigenvalue weighted by Gasteiger charge is 2.66. The minimum atomic E-state index is -2.00. The van der Waals surface area contributed by atoms with Crippen molar-refractivity contribution in [1.82, 2.24) is 0 Å². The minimum absolute atomic E-state index is 0.105. The number of carboxylic acids is 2. The molecule has 1 saturated heterocycles. The highest BCUT2D eigenvalue weighted by molar-refractivity contribution is 5.85. The average molecular weight is 314 g/mol. The number of nitrogens with zero attached hydrogens (tertiary/aromatic N) is 2. The Morgan fingerprint density at radius 2 is 1.82 bits per heavy atom. The van der Waals surface area contributed by atoms with E-state index < -0.39 is 57.8 Å². The van der Waals surface area contributed by atoms with Gasteiger partial charge in [-0.1, -0.05) is 0 Å². The zero-order valence-electron chi connectivity index (χ0n) is 11.3. The highest BCUT2D eigenvalue weighted by atomic mass is 16.6. The third kappa shape index (κ3) is 2.50. The first-order valence-electron chi connectivity index (χ1n) is 6.36. The van der Waals surface area contributed by atoms with Crippen molar-refractivity contribution < 1.29 is 34.5 Å². The lowest BCUT2D eigenvalue weighted by molar-refractivity contribution is -0.938. The molecule has 0 amide bonds. The Kier molecular flexibility index (Phi) is 3.61. The first-order valence-corrected chi connectivity index (χ1v) is 6.36. The molecule has 1 unspecified atom stereocenters. The number of likely N-dealkylation sites (tertiary alicyclic amines) is 1. The third-order valence-electron chi connectivity index (χ3n) is 4.14. The lowest BCUT2D eigenvalue weighted by atomic mass is 9.69. The maximum atomic E-state index is 11.4. The molecule has 1 aliphatic heterocycles. The fourth-order valence-electron chi connectivity index (χ4n) is 3.45. The number of carbonyl (C=O) groups excluding carboxylic acids is 2. The lowest BCUT2D eigenvalue weighted by Crippen LogP contribution is -3.19. The number of fused-ring (bicyclic) bond motifs is 2. The van der Waals surface area contributed by atoms with Gasteiger partial charge in [0.05, 0.1) is 18.4 Å². The number of carboxylic acid groups (broad SMARTS) is 2. The van der Waals surface area contributed by atoms with Crippen molar-refractivity contribution in [2.45, 2.75) is 23.9 Å². The van der Waals surface area contributed by atoms with E-state index in [1.54, 1.807) is 0 Å². The molecule has 0 spiro atoms. The Labute approximate surface area is 123 Å². The Morgan fingerprint density at radius 1 is 1.18 bits per heavy atom. The Bertz CT molecular complexity index is 602. The summed E-state index contributed by atoms with van der Waals surface area (Å²) in [4.78, 5) is 43.1. The van der Waals surface area contributed by atoms with Gasteiger partial charge in [0.1, 0.15) is 19.5 Å². The van der Waals surface area contributed by atoms with Crippen LogP contribution in [0.3, 0.4) is 0 Å². The van der Waals surface area contributed by atoms with Crippen LogP contribution in [0.2, 0.25) is 0 Å². The Hall–Kier alpha value is -2.56. The topological polar surface area (TPSA) is 171 Å². The molecule has 1 heterocycles. The second kappa shape index (κ2) is 5.02. The first-order chi connectivity index (χ1) is 10.1. The van der Waals surface area contributed by atoms with Gasteiger partial charge >= 0.3 is 0 Å². The van der Waals surface area contributed by atoms with Crippen molar-refractivity contribution in [3.05, 3.63) is 31.9 Å². The molecule has 2 bridgehead atoms. The van der Waals surface area contributed by atoms with E-state index in [0.29, 0.717) is 0 Å². The van der Waals surface area contributed by atoms with Gasteiger partial charge in [0.15, 0.2) is 6.54 Å². The molecule has 11 heteroatoms. The molecule has 1 aliphatic carbocycles. The largest absolute Gasteiger partial charge is 0.545 e. The second-order valence-corrected chi connectivity index (χ2v) is 5.81. The number of rotatable bonds is 5. The molecule has 120 valence electrons. The number of hydrogen-bond acceptors (Lipinski definition) is 8. The fourth-order valence-corrected chi connectivity index (χ4v) is 3.45. The van der Waals surface area contributed by atoms with Gasteiger partial charge in [0.2, 0.25) is 0 Å². The highest BCUT2D eigenvalue weighted by Crippen LogP contribution is 2.39. The van der Waals surface area contributed by atoms with Crippen LogP contribution < -0.4 is 15.1 Å². The molecular weight excluding hydrogens is 302 g/mol. The van der Waals surface area contributed by atoms with E-state index in [0.717, 1.165) is 6.08 Å². The summed E-state index contributed by atoms with van der Waals surface area (Å²) in [6.07, 6.45) is -0.152. The molecule has 0 radical (unpaired) electrons. The predicted octanol–water partition coefficient (Wildman–Crippen LogP) is -4.86. The van der Waals surface area contributed by atoms with E-state index in [1.807, 2.05) is 0 Å². The van der Waals surface area contributed by atoms with Gasteiger partial charge in [-0.2, -0.15) is 0 Å². The summed E-state index contributed by atoms with van der Waals surface area (Å²) in [7, 11) is 0. The monoisotopic (exact) mass is 314 g/mol. The van der Waals surface area contributed by atoms with Crippen LogP contribution in [0.25, 0.3) is 0 Å². The van der Waals surface area contributed by atoms with Crippen molar-refractivity contribution in [1.29, 1.82) is 0 Å². The average Bonchev–Trinajstić information content (AvgIpc) is 2.36. The van der Waals surface area contributed by atoms with Crippen molar-refractivity contribution >= 4 is 11.9 Å². The molecule has 0 aromatic rings.